The van der Waals surface area contributed by atoms with Crippen LogP contribution in [0.3, 0.4) is 0 Å². The van der Waals surface area contributed by atoms with Crippen molar-refractivity contribution in [3.63, 3.8) is 0 Å². The van der Waals surface area contributed by atoms with Gasteiger partial charge in [0, 0.05) is 32.4 Å². The van der Waals surface area contributed by atoms with Crippen LogP contribution in [-0.4, -0.2) is 59.1 Å². The molecular weight excluding hydrogens is 254 g/mol. The fourth-order valence-electron chi connectivity index (χ4n) is 2.91. The van der Waals surface area contributed by atoms with E-state index in [0.29, 0.717) is 12.1 Å². The van der Waals surface area contributed by atoms with Gasteiger partial charge in [0.15, 0.2) is 5.54 Å². The summed E-state index contributed by atoms with van der Waals surface area (Å²) in [5.41, 5.74) is 0.688. The van der Waals surface area contributed by atoms with Crippen LogP contribution in [0.4, 0.5) is 0 Å². The van der Waals surface area contributed by atoms with Gasteiger partial charge in [-0.05, 0) is 38.1 Å². The summed E-state index contributed by atoms with van der Waals surface area (Å²) in [5.74, 6) is -0.803. The summed E-state index contributed by atoms with van der Waals surface area (Å²) in [6, 6.07) is 3.80. The van der Waals surface area contributed by atoms with Gasteiger partial charge in [-0.3, -0.25) is 9.88 Å². The van der Waals surface area contributed by atoms with E-state index in [9.17, 15) is 9.90 Å². The van der Waals surface area contributed by atoms with Crippen molar-refractivity contribution >= 4 is 5.97 Å². The molecule has 5 heteroatoms. The quantitative estimate of drug-likeness (QED) is 0.899. The molecule has 1 aromatic heterocycles. The Hall–Kier alpha value is -1.46. The number of carbonyl (C=O) groups is 1. The molecule has 0 radical (unpaired) electrons. The molecule has 0 spiro atoms. The molecule has 1 aliphatic rings. The van der Waals surface area contributed by atoms with Crippen LogP contribution < -0.4 is 0 Å². The highest BCUT2D eigenvalue weighted by atomic mass is 16.4. The third-order valence-electron chi connectivity index (χ3n) is 4.25. The summed E-state index contributed by atoms with van der Waals surface area (Å²) >= 11 is 0. The number of hydrogen-bond acceptors (Lipinski definition) is 4. The lowest BCUT2D eigenvalue weighted by Crippen LogP contribution is -2.58. The van der Waals surface area contributed by atoms with E-state index in [-0.39, 0.29) is 0 Å². The topological polar surface area (TPSA) is 56.7 Å². The van der Waals surface area contributed by atoms with Gasteiger partial charge in [-0.2, -0.15) is 0 Å². The third kappa shape index (κ3) is 2.55. The van der Waals surface area contributed by atoms with E-state index in [2.05, 4.69) is 21.8 Å². The fourth-order valence-corrected chi connectivity index (χ4v) is 2.91. The highest BCUT2D eigenvalue weighted by Crippen LogP contribution is 2.32. The maximum Gasteiger partial charge on any atom is 0.330 e. The smallest absolute Gasteiger partial charge is 0.330 e. The van der Waals surface area contributed by atoms with Crippen LogP contribution in [0.1, 0.15) is 24.6 Å². The predicted octanol–water partition coefficient (Wildman–Crippen LogP) is 1.33. The van der Waals surface area contributed by atoms with Gasteiger partial charge in [0.05, 0.1) is 5.69 Å². The Labute approximate surface area is 120 Å². The molecule has 0 aliphatic carbocycles. The first-order chi connectivity index (χ1) is 9.50. The first-order valence-corrected chi connectivity index (χ1v) is 7.11. The summed E-state index contributed by atoms with van der Waals surface area (Å²) < 4.78 is 0. The second-order valence-electron chi connectivity index (χ2n) is 5.53. The normalized spacial score (nSPS) is 20.6. The number of nitrogens with zero attached hydrogens (tertiary/aromatic N) is 3. The Morgan fingerprint density at radius 3 is 2.55 bits per heavy atom. The van der Waals surface area contributed by atoms with Crippen molar-refractivity contribution in [1.29, 1.82) is 0 Å². The molecule has 1 aliphatic heterocycles. The van der Waals surface area contributed by atoms with Crippen LogP contribution in [-0.2, 0) is 10.3 Å². The SMILES string of the molecule is CCC(C(=O)O)(c1cc(C)ccn1)N1CCN(C)CC1. The molecule has 1 atom stereocenters. The second kappa shape index (κ2) is 5.89. The van der Waals surface area contributed by atoms with Crippen molar-refractivity contribution in [2.24, 2.45) is 0 Å². The molecule has 110 valence electrons. The van der Waals surface area contributed by atoms with Crippen molar-refractivity contribution in [1.82, 2.24) is 14.8 Å². The Morgan fingerprint density at radius 2 is 2.05 bits per heavy atom. The molecule has 2 rings (SSSR count). The van der Waals surface area contributed by atoms with Crippen molar-refractivity contribution in [2.45, 2.75) is 25.8 Å². The first-order valence-electron chi connectivity index (χ1n) is 7.11. The molecule has 1 N–H and O–H groups in total. The molecular formula is C15H23N3O2. The van der Waals surface area contributed by atoms with Crippen molar-refractivity contribution in [2.75, 3.05) is 33.2 Å². The average molecular weight is 277 g/mol. The van der Waals surface area contributed by atoms with Gasteiger partial charge in [0.2, 0.25) is 0 Å². The maximum absolute atomic E-state index is 12.0. The van der Waals surface area contributed by atoms with Crippen LogP contribution in [0.15, 0.2) is 18.3 Å². The van der Waals surface area contributed by atoms with Crippen LogP contribution in [0.2, 0.25) is 0 Å². The number of aryl methyl sites for hydroxylation is 1. The van der Waals surface area contributed by atoms with E-state index < -0.39 is 11.5 Å². The third-order valence-corrected chi connectivity index (χ3v) is 4.25. The molecule has 1 unspecified atom stereocenters. The number of aromatic nitrogens is 1. The molecule has 2 heterocycles. The number of rotatable bonds is 4. The molecule has 20 heavy (non-hydrogen) atoms. The van der Waals surface area contributed by atoms with Gasteiger partial charge in [0.25, 0.3) is 0 Å². The number of pyridine rings is 1. The van der Waals surface area contributed by atoms with E-state index in [1.54, 1.807) is 6.20 Å². The molecule has 1 aromatic rings. The number of carboxylic acid groups (broad SMARTS) is 1. The summed E-state index contributed by atoms with van der Waals surface area (Å²) in [6.07, 6.45) is 2.22. The van der Waals surface area contributed by atoms with Gasteiger partial charge in [-0.1, -0.05) is 6.92 Å². The Balaban J connectivity index is 2.42. The van der Waals surface area contributed by atoms with Crippen molar-refractivity contribution in [3.8, 4) is 0 Å². The molecule has 5 nitrogen and oxygen atoms in total. The predicted molar refractivity (Wildman–Crippen MR) is 77.6 cm³/mol. The van der Waals surface area contributed by atoms with E-state index in [4.69, 9.17) is 0 Å². The number of likely N-dealkylation sites (N-methyl/N-ethyl adjacent to an activating group) is 1. The lowest BCUT2D eigenvalue weighted by Gasteiger charge is -2.43. The van der Waals surface area contributed by atoms with Gasteiger partial charge < -0.3 is 10.0 Å². The summed E-state index contributed by atoms with van der Waals surface area (Å²) in [6.45, 7) is 7.19. The number of aliphatic carboxylic acids is 1. The minimum atomic E-state index is -1.01. The van der Waals surface area contributed by atoms with E-state index in [1.165, 1.54) is 0 Å². The lowest BCUT2D eigenvalue weighted by molar-refractivity contribution is -0.154. The number of piperazine rings is 1. The minimum absolute atomic E-state index is 0.516. The molecule has 0 saturated carbocycles. The van der Waals surface area contributed by atoms with Crippen LogP contribution in [0.5, 0.6) is 0 Å². The Kier molecular flexibility index (Phi) is 4.40. The second-order valence-corrected chi connectivity index (χ2v) is 5.53. The summed E-state index contributed by atoms with van der Waals surface area (Å²) in [5, 5.41) is 9.89. The van der Waals surface area contributed by atoms with Gasteiger partial charge >= 0.3 is 5.97 Å². The largest absolute Gasteiger partial charge is 0.480 e. The van der Waals surface area contributed by atoms with Crippen LogP contribution >= 0.6 is 0 Å². The maximum atomic E-state index is 12.0. The van der Waals surface area contributed by atoms with E-state index in [0.717, 1.165) is 31.7 Å². The highest BCUT2D eigenvalue weighted by Gasteiger charge is 2.46. The average Bonchev–Trinajstić information content (AvgIpc) is 2.42. The standard InChI is InChI=1S/C15H23N3O2/c1-4-15(14(19)20,13-11-12(2)5-6-16-13)18-9-7-17(3)8-10-18/h5-6,11H,4,7-10H2,1-3H3,(H,19,20). The Morgan fingerprint density at radius 1 is 1.40 bits per heavy atom. The molecule has 1 fully saturated rings. The fraction of sp³-hybridized carbons (Fsp3) is 0.600. The van der Waals surface area contributed by atoms with Gasteiger partial charge in [-0.15, -0.1) is 0 Å². The monoisotopic (exact) mass is 277 g/mol. The number of hydrogen-bond donors (Lipinski definition) is 1. The molecule has 0 aromatic carbocycles. The highest BCUT2D eigenvalue weighted by molar-refractivity contribution is 5.80. The minimum Gasteiger partial charge on any atom is -0.480 e. The van der Waals surface area contributed by atoms with E-state index >= 15 is 0 Å². The lowest BCUT2D eigenvalue weighted by atomic mass is 9.88. The number of carboxylic acids is 1. The molecule has 0 bridgehead atoms. The first kappa shape index (κ1) is 14.9. The van der Waals surface area contributed by atoms with E-state index in [1.807, 2.05) is 26.0 Å². The van der Waals surface area contributed by atoms with Crippen LogP contribution in [0.25, 0.3) is 0 Å². The van der Waals surface area contributed by atoms with Crippen molar-refractivity contribution < 1.29 is 9.90 Å². The Bertz CT molecular complexity index is 484. The van der Waals surface area contributed by atoms with Gasteiger partial charge in [-0.25, -0.2) is 4.79 Å². The zero-order valence-corrected chi connectivity index (χ0v) is 12.5. The van der Waals surface area contributed by atoms with Gasteiger partial charge in [0.1, 0.15) is 0 Å². The van der Waals surface area contributed by atoms with Crippen LogP contribution in [0, 0.1) is 6.92 Å². The summed E-state index contributed by atoms with van der Waals surface area (Å²) in [7, 11) is 2.07. The zero-order valence-electron chi connectivity index (χ0n) is 12.5. The molecule has 1 saturated heterocycles. The van der Waals surface area contributed by atoms with Crippen molar-refractivity contribution in [3.05, 3.63) is 29.6 Å². The molecule has 0 amide bonds. The zero-order chi connectivity index (χ0) is 14.8. The summed E-state index contributed by atoms with van der Waals surface area (Å²) in [4.78, 5) is 20.7.